The molecule has 1 atom stereocenters. The van der Waals surface area contributed by atoms with E-state index in [1.54, 1.807) is 6.20 Å². The molecule has 0 bridgehead atoms. The molecule has 3 aromatic rings. The summed E-state index contributed by atoms with van der Waals surface area (Å²) in [4.78, 5) is 24.0. The van der Waals surface area contributed by atoms with Crippen LogP contribution in [0.5, 0.6) is 0 Å². The highest BCUT2D eigenvalue weighted by molar-refractivity contribution is 6.31. The molecule has 6 heteroatoms. The van der Waals surface area contributed by atoms with Crippen molar-refractivity contribution in [1.82, 2.24) is 15.3 Å². The van der Waals surface area contributed by atoms with Gasteiger partial charge in [-0.1, -0.05) is 41.9 Å². The third-order valence-electron chi connectivity index (χ3n) is 4.96. The first-order valence-corrected chi connectivity index (χ1v) is 9.56. The summed E-state index contributed by atoms with van der Waals surface area (Å²) in [5, 5.41) is 3.70. The molecule has 0 unspecified atom stereocenters. The van der Waals surface area contributed by atoms with E-state index in [0.29, 0.717) is 18.1 Å². The molecule has 1 aromatic heterocycles. The molecule has 1 fully saturated rings. The van der Waals surface area contributed by atoms with Crippen molar-refractivity contribution in [2.45, 2.75) is 19.4 Å². The number of hydrogen-bond donors (Lipinski definition) is 1. The first-order chi connectivity index (χ1) is 13.2. The minimum atomic E-state index is -0.0606. The fraction of sp³-hybridized carbons (Fsp3) is 0.286. The van der Waals surface area contributed by atoms with Crippen LogP contribution in [-0.4, -0.2) is 29.0 Å². The molecule has 0 radical (unpaired) electrons. The molecular weight excluding hydrogens is 360 g/mol. The van der Waals surface area contributed by atoms with Gasteiger partial charge in [0.2, 0.25) is 5.91 Å². The number of nitrogens with zero attached hydrogens (tertiary/aromatic N) is 3. The van der Waals surface area contributed by atoms with E-state index in [1.807, 2.05) is 48.5 Å². The molecule has 1 aliphatic rings. The zero-order valence-corrected chi connectivity index (χ0v) is 15.7. The first-order valence-electron chi connectivity index (χ1n) is 9.18. The molecule has 2 aromatic carbocycles. The van der Waals surface area contributed by atoms with Gasteiger partial charge in [-0.2, -0.15) is 0 Å². The third-order valence-corrected chi connectivity index (χ3v) is 5.33. The molecule has 1 N–H and O–H groups in total. The highest BCUT2D eigenvalue weighted by Crippen LogP contribution is 2.23. The van der Waals surface area contributed by atoms with Gasteiger partial charge in [-0.25, -0.2) is 4.98 Å². The van der Waals surface area contributed by atoms with Crippen LogP contribution in [0, 0.1) is 5.92 Å². The Labute approximate surface area is 163 Å². The first kappa shape index (κ1) is 17.7. The number of hydrogen-bond acceptors (Lipinski definition) is 4. The number of amides is 1. The molecule has 0 spiro atoms. The number of halogens is 1. The quantitative estimate of drug-likeness (QED) is 0.747. The number of rotatable bonds is 4. The van der Waals surface area contributed by atoms with Crippen molar-refractivity contribution < 1.29 is 4.79 Å². The molecule has 4 rings (SSSR count). The number of anilines is 1. The fourth-order valence-electron chi connectivity index (χ4n) is 3.47. The second-order valence-electron chi connectivity index (χ2n) is 6.81. The molecule has 138 valence electrons. The SMILES string of the molecule is O=C(NCc1ccccc1Cl)[C@H]1CCCN(c2cnc3ccccc3n2)C1. The summed E-state index contributed by atoms with van der Waals surface area (Å²) >= 11 is 6.17. The summed E-state index contributed by atoms with van der Waals surface area (Å²) < 4.78 is 0. The van der Waals surface area contributed by atoms with Crippen LogP contribution in [0.25, 0.3) is 11.0 Å². The predicted molar refractivity (Wildman–Crippen MR) is 108 cm³/mol. The Kier molecular flexibility index (Phi) is 5.21. The third kappa shape index (κ3) is 4.03. The van der Waals surface area contributed by atoms with E-state index < -0.39 is 0 Å². The molecule has 5 nitrogen and oxygen atoms in total. The largest absolute Gasteiger partial charge is 0.355 e. The molecular formula is C21H21ClN4O. The second kappa shape index (κ2) is 7.92. The Morgan fingerprint density at radius 3 is 2.78 bits per heavy atom. The van der Waals surface area contributed by atoms with Crippen molar-refractivity contribution in [1.29, 1.82) is 0 Å². The van der Waals surface area contributed by atoms with Gasteiger partial charge in [0.25, 0.3) is 0 Å². The van der Waals surface area contributed by atoms with Gasteiger partial charge in [-0.05, 0) is 36.6 Å². The molecule has 0 saturated carbocycles. The average molecular weight is 381 g/mol. The fourth-order valence-corrected chi connectivity index (χ4v) is 3.67. The number of aromatic nitrogens is 2. The van der Waals surface area contributed by atoms with Crippen LogP contribution in [0.3, 0.4) is 0 Å². The predicted octanol–water partition coefficient (Wildman–Crippen LogP) is 3.82. The van der Waals surface area contributed by atoms with Crippen molar-refractivity contribution in [2.75, 3.05) is 18.0 Å². The van der Waals surface area contributed by atoms with Crippen LogP contribution in [0.2, 0.25) is 5.02 Å². The Bertz CT molecular complexity index is 962. The zero-order valence-electron chi connectivity index (χ0n) is 14.9. The Morgan fingerprint density at radius 2 is 1.93 bits per heavy atom. The molecule has 2 heterocycles. The lowest BCUT2D eigenvalue weighted by Gasteiger charge is -2.32. The average Bonchev–Trinajstić information content (AvgIpc) is 2.72. The highest BCUT2D eigenvalue weighted by Gasteiger charge is 2.26. The highest BCUT2D eigenvalue weighted by atomic mass is 35.5. The summed E-state index contributed by atoms with van der Waals surface area (Å²) in [5.74, 6) is 0.833. The smallest absolute Gasteiger partial charge is 0.225 e. The maximum atomic E-state index is 12.7. The van der Waals surface area contributed by atoms with Crippen LogP contribution >= 0.6 is 11.6 Å². The van der Waals surface area contributed by atoms with Crippen LogP contribution < -0.4 is 10.2 Å². The van der Waals surface area contributed by atoms with E-state index in [0.717, 1.165) is 41.8 Å². The summed E-state index contributed by atoms with van der Waals surface area (Å²) in [6.45, 7) is 1.99. The summed E-state index contributed by atoms with van der Waals surface area (Å²) in [6, 6.07) is 15.4. The van der Waals surface area contributed by atoms with E-state index in [-0.39, 0.29) is 11.8 Å². The molecule has 1 aliphatic heterocycles. The van der Waals surface area contributed by atoms with Crippen molar-refractivity contribution in [3.8, 4) is 0 Å². The number of carbonyl (C=O) groups excluding carboxylic acids is 1. The number of benzene rings is 2. The lowest BCUT2D eigenvalue weighted by molar-refractivity contribution is -0.125. The van der Waals surface area contributed by atoms with Crippen molar-refractivity contribution >= 4 is 34.4 Å². The second-order valence-corrected chi connectivity index (χ2v) is 7.22. The van der Waals surface area contributed by atoms with Gasteiger partial charge in [0.1, 0.15) is 5.82 Å². The number of piperidine rings is 1. The van der Waals surface area contributed by atoms with Gasteiger partial charge >= 0.3 is 0 Å². The minimum absolute atomic E-state index is 0.0606. The molecule has 1 amide bonds. The van der Waals surface area contributed by atoms with Crippen molar-refractivity contribution in [3.63, 3.8) is 0 Å². The molecule has 0 aliphatic carbocycles. The van der Waals surface area contributed by atoms with E-state index in [4.69, 9.17) is 16.6 Å². The van der Waals surface area contributed by atoms with Crippen LogP contribution in [0.15, 0.2) is 54.7 Å². The summed E-state index contributed by atoms with van der Waals surface area (Å²) in [6.07, 6.45) is 3.64. The number of nitrogens with one attached hydrogen (secondary N) is 1. The van der Waals surface area contributed by atoms with Crippen LogP contribution in [0.1, 0.15) is 18.4 Å². The lowest BCUT2D eigenvalue weighted by atomic mass is 9.97. The minimum Gasteiger partial charge on any atom is -0.355 e. The van der Waals surface area contributed by atoms with E-state index in [1.165, 1.54) is 0 Å². The summed E-state index contributed by atoms with van der Waals surface area (Å²) in [7, 11) is 0. The summed E-state index contributed by atoms with van der Waals surface area (Å²) in [5.41, 5.74) is 2.69. The monoisotopic (exact) mass is 380 g/mol. The van der Waals surface area contributed by atoms with E-state index in [9.17, 15) is 4.79 Å². The number of fused-ring (bicyclic) bond motifs is 1. The van der Waals surface area contributed by atoms with Gasteiger partial charge in [-0.3, -0.25) is 9.78 Å². The Balaban J connectivity index is 1.42. The van der Waals surface area contributed by atoms with Gasteiger partial charge in [0, 0.05) is 24.7 Å². The maximum absolute atomic E-state index is 12.7. The van der Waals surface area contributed by atoms with Gasteiger partial charge in [-0.15, -0.1) is 0 Å². The van der Waals surface area contributed by atoms with Crippen molar-refractivity contribution in [2.24, 2.45) is 5.92 Å². The van der Waals surface area contributed by atoms with Crippen LogP contribution in [0.4, 0.5) is 5.82 Å². The topological polar surface area (TPSA) is 58.1 Å². The standard InChI is InChI=1S/C21H21ClN4O/c22-17-8-2-1-6-15(17)12-24-21(27)16-7-5-11-26(14-16)20-13-23-18-9-3-4-10-19(18)25-20/h1-4,6,8-10,13,16H,5,7,11-12,14H2,(H,24,27)/t16-/m0/s1. The van der Waals surface area contributed by atoms with Gasteiger partial charge in [0.05, 0.1) is 23.1 Å². The molecule has 27 heavy (non-hydrogen) atoms. The molecule has 1 saturated heterocycles. The normalized spacial score (nSPS) is 17.1. The van der Waals surface area contributed by atoms with Gasteiger partial charge in [0.15, 0.2) is 0 Å². The van der Waals surface area contributed by atoms with Crippen LogP contribution in [-0.2, 0) is 11.3 Å². The zero-order chi connectivity index (χ0) is 18.6. The van der Waals surface area contributed by atoms with Crippen molar-refractivity contribution in [3.05, 3.63) is 65.3 Å². The maximum Gasteiger partial charge on any atom is 0.225 e. The van der Waals surface area contributed by atoms with E-state index in [2.05, 4.69) is 15.2 Å². The van der Waals surface area contributed by atoms with E-state index >= 15 is 0 Å². The Hall–Kier alpha value is -2.66. The Morgan fingerprint density at radius 1 is 1.15 bits per heavy atom. The number of para-hydroxylation sites is 2. The lowest BCUT2D eigenvalue weighted by Crippen LogP contribution is -2.43. The number of carbonyl (C=O) groups is 1. The van der Waals surface area contributed by atoms with Gasteiger partial charge < -0.3 is 10.2 Å².